The molecular formula is C42H47ClN2O5. The number of carbonyl (C=O) groups is 3. The zero-order valence-corrected chi connectivity index (χ0v) is 30.7. The van der Waals surface area contributed by atoms with Crippen LogP contribution in [0.4, 0.5) is 5.69 Å². The smallest absolute Gasteiger partial charge is 0.262 e. The second kappa shape index (κ2) is 14.1. The van der Waals surface area contributed by atoms with Crippen LogP contribution < -0.4 is 14.8 Å². The van der Waals surface area contributed by atoms with Crippen LogP contribution in [-0.2, 0) is 20.8 Å². The summed E-state index contributed by atoms with van der Waals surface area (Å²) in [5, 5.41) is 3.39. The lowest BCUT2D eigenvalue weighted by Gasteiger charge is -2.49. The summed E-state index contributed by atoms with van der Waals surface area (Å²) in [6, 6.07) is 21.3. The second-order valence-electron chi connectivity index (χ2n) is 15.4. The molecule has 1 amide bonds. The highest BCUT2D eigenvalue weighted by Crippen LogP contribution is 2.55. The highest BCUT2D eigenvalue weighted by molar-refractivity contribution is 6.31. The van der Waals surface area contributed by atoms with E-state index in [9.17, 15) is 14.4 Å². The second-order valence-corrected chi connectivity index (χ2v) is 15.8. The fourth-order valence-electron chi connectivity index (χ4n) is 7.64. The Morgan fingerprint density at radius 3 is 2.08 bits per heavy atom. The molecule has 1 heterocycles. The number of benzene rings is 3. The average molecular weight is 695 g/mol. The lowest BCUT2D eigenvalue weighted by Crippen LogP contribution is -2.45. The van der Waals surface area contributed by atoms with Crippen molar-refractivity contribution in [3.8, 4) is 11.5 Å². The molecule has 0 spiro atoms. The highest BCUT2D eigenvalue weighted by atomic mass is 35.5. The fraction of sp³-hybridized carbons (Fsp3) is 0.405. The number of rotatable bonds is 10. The lowest BCUT2D eigenvalue weighted by molar-refractivity contribution is -0.120. The molecule has 2 aliphatic carbocycles. The van der Waals surface area contributed by atoms with Crippen molar-refractivity contribution < 1.29 is 23.9 Å². The van der Waals surface area contributed by atoms with Gasteiger partial charge >= 0.3 is 0 Å². The van der Waals surface area contributed by atoms with Crippen molar-refractivity contribution in [2.24, 2.45) is 10.8 Å². The Kier molecular flexibility index (Phi) is 10.0. The maximum Gasteiger partial charge on any atom is 0.262 e. The fourth-order valence-corrected chi connectivity index (χ4v) is 7.82. The third-order valence-corrected chi connectivity index (χ3v) is 10.3. The van der Waals surface area contributed by atoms with E-state index in [0.717, 1.165) is 52.9 Å². The van der Waals surface area contributed by atoms with Crippen LogP contribution in [0.25, 0.3) is 0 Å². The van der Waals surface area contributed by atoms with Gasteiger partial charge in [-0.25, -0.2) is 0 Å². The molecule has 0 radical (unpaired) electrons. The van der Waals surface area contributed by atoms with Gasteiger partial charge in [0.05, 0.1) is 6.61 Å². The number of nitrogens with one attached hydrogen (secondary N) is 1. The number of ketones is 2. The van der Waals surface area contributed by atoms with E-state index < -0.39 is 5.92 Å². The summed E-state index contributed by atoms with van der Waals surface area (Å²) in [6.07, 6.45) is 3.11. The van der Waals surface area contributed by atoms with Gasteiger partial charge in [-0.3, -0.25) is 14.4 Å². The minimum absolute atomic E-state index is 0.0845. The maximum atomic E-state index is 14.3. The minimum atomic E-state index is -0.511. The molecule has 1 aliphatic heterocycles. The quantitative estimate of drug-likeness (QED) is 0.228. The van der Waals surface area contributed by atoms with Crippen LogP contribution in [0, 0.1) is 17.8 Å². The molecule has 0 saturated carbocycles. The Bertz CT molecular complexity index is 1840. The standard InChI is InChI=1S/C42H47ClN2O5/c1-7-49-36-19-28(14-16-35(36)50-25-37(48)44-29-15-13-26(2)30(43)20-29)38-39-31(21-41(3,4)23-33(39)46)45(18-17-27-11-9-8-10-12-27)32-22-42(5,6)24-34(47)40(32)38/h8-16,19-20,38H,7,17-18,21-25H2,1-6H3,(H,44,48). The molecule has 0 saturated heterocycles. The Morgan fingerprint density at radius 2 is 1.48 bits per heavy atom. The van der Waals surface area contributed by atoms with E-state index in [-0.39, 0.29) is 34.9 Å². The van der Waals surface area contributed by atoms with Crippen LogP contribution in [0.3, 0.4) is 0 Å². The monoisotopic (exact) mass is 694 g/mol. The van der Waals surface area contributed by atoms with Gasteiger partial charge in [-0.15, -0.1) is 0 Å². The first-order valence-electron chi connectivity index (χ1n) is 17.5. The number of halogens is 1. The average Bonchev–Trinajstić information content (AvgIpc) is 3.04. The Balaban J connectivity index is 1.38. The summed E-state index contributed by atoms with van der Waals surface area (Å²) in [6.45, 7) is 13.2. The zero-order chi connectivity index (χ0) is 35.8. The summed E-state index contributed by atoms with van der Waals surface area (Å²) >= 11 is 6.23. The number of anilines is 1. The van der Waals surface area contributed by atoms with Crippen molar-refractivity contribution in [2.45, 2.75) is 79.6 Å². The van der Waals surface area contributed by atoms with Crippen LogP contribution in [0.15, 0.2) is 89.3 Å². The summed E-state index contributed by atoms with van der Waals surface area (Å²) < 4.78 is 12.0. The van der Waals surface area contributed by atoms with E-state index in [0.29, 0.717) is 48.2 Å². The van der Waals surface area contributed by atoms with E-state index in [1.54, 1.807) is 18.2 Å². The first kappa shape index (κ1) is 35.5. The molecule has 0 bridgehead atoms. The van der Waals surface area contributed by atoms with Crippen molar-refractivity contribution in [3.05, 3.63) is 111 Å². The normalized spacial score (nSPS) is 18.5. The van der Waals surface area contributed by atoms with Gasteiger partial charge in [0.15, 0.2) is 29.7 Å². The van der Waals surface area contributed by atoms with E-state index in [4.69, 9.17) is 21.1 Å². The SMILES string of the molecule is CCOc1cc(C2C3=C(CC(C)(C)CC3=O)N(CCc3ccccc3)C3=C2C(=O)CC(C)(C)C3)ccc1OCC(=O)Nc1ccc(C)c(Cl)c1. The largest absolute Gasteiger partial charge is 0.490 e. The van der Waals surface area contributed by atoms with Crippen LogP contribution in [0.5, 0.6) is 11.5 Å². The van der Waals surface area contributed by atoms with Crippen molar-refractivity contribution in [2.75, 3.05) is 25.1 Å². The molecule has 8 heteroatoms. The number of allylic oxidation sites excluding steroid dienone is 4. The van der Waals surface area contributed by atoms with E-state index in [2.05, 4.69) is 50.0 Å². The Hall–Kier alpha value is -4.36. The maximum absolute atomic E-state index is 14.3. The molecule has 7 nitrogen and oxygen atoms in total. The molecule has 0 atom stereocenters. The predicted molar refractivity (Wildman–Crippen MR) is 198 cm³/mol. The Labute approximate surface area is 300 Å². The molecule has 1 N–H and O–H groups in total. The molecule has 262 valence electrons. The first-order chi connectivity index (χ1) is 23.7. The van der Waals surface area contributed by atoms with Gasteiger partial charge in [0, 0.05) is 58.6 Å². The van der Waals surface area contributed by atoms with Gasteiger partial charge in [-0.05, 0) is 84.9 Å². The number of nitrogens with zero attached hydrogens (tertiary/aromatic N) is 1. The third kappa shape index (κ3) is 7.53. The van der Waals surface area contributed by atoms with Gasteiger partial charge in [-0.2, -0.15) is 0 Å². The number of aryl methyl sites for hydroxylation is 1. The molecule has 6 rings (SSSR count). The lowest BCUT2D eigenvalue weighted by atomic mass is 9.63. The molecular weight excluding hydrogens is 648 g/mol. The Morgan fingerprint density at radius 1 is 0.840 bits per heavy atom. The van der Waals surface area contributed by atoms with Crippen molar-refractivity contribution >= 4 is 34.8 Å². The van der Waals surface area contributed by atoms with Crippen molar-refractivity contribution in [1.82, 2.24) is 4.90 Å². The summed E-state index contributed by atoms with van der Waals surface area (Å²) in [5.74, 6) is 0.183. The summed E-state index contributed by atoms with van der Waals surface area (Å²) in [4.78, 5) is 43.7. The van der Waals surface area contributed by atoms with Crippen LogP contribution in [-0.4, -0.2) is 42.1 Å². The molecule has 0 aromatic heterocycles. The van der Waals surface area contributed by atoms with Gasteiger partial charge in [0.25, 0.3) is 5.91 Å². The number of carbonyl (C=O) groups excluding carboxylic acids is 3. The zero-order valence-electron chi connectivity index (χ0n) is 30.0. The minimum Gasteiger partial charge on any atom is -0.490 e. The molecule has 0 unspecified atom stereocenters. The number of amides is 1. The number of hydrogen-bond acceptors (Lipinski definition) is 6. The van der Waals surface area contributed by atoms with Gasteiger partial charge < -0.3 is 19.7 Å². The van der Waals surface area contributed by atoms with Crippen LogP contribution in [0.2, 0.25) is 5.02 Å². The first-order valence-corrected chi connectivity index (χ1v) is 17.9. The van der Waals surface area contributed by atoms with Gasteiger partial charge in [-0.1, -0.05) is 81.8 Å². The van der Waals surface area contributed by atoms with Crippen molar-refractivity contribution in [3.63, 3.8) is 0 Å². The van der Waals surface area contributed by atoms with Crippen molar-refractivity contribution in [1.29, 1.82) is 0 Å². The number of ether oxygens (including phenoxy) is 2. The van der Waals surface area contributed by atoms with E-state index in [1.807, 2.05) is 50.2 Å². The highest BCUT2D eigenvalue weighted by Gasteiger charge is 2.49. The summed E-state index contributed by atoms with van der Waals surface area (Å²) in [5.41, 5.74) is 6.60. The topological polar surface area (TPSA) is 84.9 Å². The molecule has 3 aliphatic rings. The van der Waals surface area contributed by atoms with Crippen LogP contribution >= 0.6 is 11.6 Å². The predicted octanol–water partition coefficient (Wildman–Crippen LogP) is 8.99. The van der Waals surface area contributed by atoms with E-state index >= 15 is 0 Å². The number of hydrogen-bond donors (Lipinski definition) is 1. The van der Waals surface area contributed by atoms with Gasteiger partial charge in [0.2, 0.25) is 0 Å². The van der Waals surface area contributed by atoms with E-state index in [1.165, 1.54) is 5.56 Å². The third-order valence-electron chi connectivity index (χ3n) is 9.90. The molecule has 50 heavy (non-hydrogen) atoms. The molecule has 0 fully saturated rings. The van der Waals surface area contributed by atoms with Gasteiger partial charge in [0.1, 0.15) is 0 Å². The molecule has 3 aromatic rings. The summed E-state index contributed by atoms with van der Waals surface area (Å²) in [7, 11) is 0. The van der Waals surface area contributed by atoms with Crippen LogP contribution in [0.1, 0.15) is 82.9 Å². The molecule has 3 aromatic carbocycles. The number of Topliss-reactive ketones (excluding diaryl/α,β-unsaturated/α-hetero) is 2.